The molecule has 1 fully saturated rings. The lowest BCUT2D eigenvalue weighted by Gasteiger charge is -2.26. The van der Waals surface area contributed by atoms with Crippen molar-refractivity contribution < 1.29 is 9.32 Å². The number of nitrogens with zero attached hydrogens (tertiary/aromatic N) is 4. The number of amides is 1. The van der Waals surface area contributed by atoms with Crippen LogP contribution in [0.15, 0.2) is 34.9 Å². The second-order valence-electron chi connectivity index (χ2n) is 6.96. The number of benzene rings is 1. The highest BCUT2D eigenvalue weighted by atomic mass is 16.5. The lowest BCUT2D eigenvalue weighted by Crippen LogP contribution is -2.43. The van der Waals surface area contributed by atoms with Gasteiger partial charge in [0.1, 0.15) is 5.76 Å². The van der Waals surface area contributed by atoms with Crippen molar-refractivity contribution in [2.24, 2.45) is 0 Å². The molecule has 1 aliphatic rings. The number of rotatable bonds is 5. The van der Waals surface area contributed by atoms with Crippen molar-refractivity contribution in [3.8, 4) is 6.07 Å². The molecular weight excluding hydrogens is 342 g/mol. The fourth-order valence-corrected chi connectivity index (χ4v) is 3.30. The largest absolute Gasteiger partial charge is 0.360 e. The SMILES string of the molecule is Cc1cc(NC(=O)C(C)N2CCCN(Cc3ccc(C#N)cc3)CC2)no1. The van der Waals surface area contributed by atoms with Crippen LogP contribution < -0.4 is 5.32 Å². The average molecular weight is 367 g/mol. The zero-order valence-electron chi connectivity index (χ0n) is 15.8. The molecule has 1 amide bonds. The summed E-state index contributed by atoms with van der Waals surface area (Å²) in [5, 5.41) is 15.5. The second-order valence-corrected chi connectivity index (χ2v) is 6.96. The first-order valence-electron chi connectivity index (χ1n) is 9.25. The summed E-state index contributed by atoms with van der Waals surface area (Å²) in [4.78, 5) is 17.1. The van der Waals surface area contributed by atoms with Crippen LogP contribution in [0.1, 0.15) is 30.2 Å². The maximum absolute atomic E-state index is 12.5. The number of nitrogens with one attached hydrogen (secondary N) is 1. The molecule has 142 valence electrons. The molecule has 0 aliphatic carbocycles. The minimum absolute atomic E-state index is 0.0659. The van der Waals surface area contributed by atoms with E-state index in [1.807, 2.05) is 31.2 Å². The van der Waals surface area contributed by atoms with Crippen LogP contribution in [0.5, 0.6) is 0 Å². The summed E-state index contributed by atoms with van der Waals surface area (Å²) in [7, 11) is 0. The monoisotopic (exact) mass is 367 g/mol. The molecule has 7 nitrogen and oxygen atoms in total. The van der Waals surface area contributed by atoms with Crippen molar-refractivity contribution in [1.29, 1.82) is 5.26 Å². The van der Waals surface area contributed by atoms with Crippen molar-refractivity contribution in [1.82, 2.24) is 15.0 Å². The Morgan fingerprint density at radius 2 is 2.07 bits per heavy atom. The first-order chi connectivity index (χ1) is 13.0. The lowest BCUT2D eigenvalue weighted by atomic mass is 10.1. The van der Waals surface area contributed by atoms with Gasteiger partial charge in [-0.25, -0.2) is 0 Å². The van der Waals surface area contributed by atoms with E-state index in [-0.39, 0.29) is 11.9 Å². The molecule has 2 heterocycles. The summed E-state index contributed by atoms with van der Waals surface area (Å²) in [5.41, 5.74) is 1.89. The van der Waals surface area contributed by atoms with Crippen molar-refractivity contribution in [3.05, 3.63) is 47.2 Å². The van der Waals surface area contributed by atoms with Crippen molar-refractivity contribution in [3.63, 3.8) is 0 Å². The summed E-state index contributed by atoms with van der Waals surface area (Å²) in [6, 6.07) is 11.4. The Bertz CT molecular complexity index is 809. The van der Waals surface area contributed by atoms with E-state index in [1.165, 1.54) is 5.56 Å². The molecule has 2 aromatic rings. The molecular formula is C20H25N5O2. The average Bonchev–Trinajstić information content (AvgIpc) is 2.94. The number of nitriles is 1. The highest BCUT2D eigenvalue weighted by Crippen LogP contribution is 2.14. The number of aryl methyl sites for hydroxylation is 1. The van der Waals surface area contributed by atoms with Gasteiger partial charge in [-0.1, -0.05) is 17.3 Å². The van der Waals surface area contributed by atoms with E-state index in [1.54, 1.807) is 13.0 Å². The number of anilines is 1. The van der Waals surface area contributed by atoms with Crippen LogP contribution in [0.2, 0.25) is 0 Å². The minimum Gasteiger partial charge on any atom is -0.360 e. The molecule has 1 aromatic heterocycles. The molecule has 7 heteroatoms. The van der Waals surface area contributed by atoms with Crippen molar-refractivity contribution >= 4 is 11.7 Å². The minimum atomic E-state index is -0.225. The number of aromatic nitrogens is 1. The van der Waals surface area contributed by atoms with E-state index in [4.69, 9.17) is 9.78 Å². The molecule has 1 saturated heterocycles. The molecule has 1 aromatic carbocycles. The topological polar surface area (TPSA) is 85.4 Å². The van der Waals surface area contributed by atoms with Crippen molar-refractivity contribution in [2.45, 2.75) is 32.9 Å². The van der Waals surface area contributed by atoms with Crippen LogP contribution in [-0.4, -0.2) is 53.1 Å². The van der Waals surface area contributed by atoms with Gasteiger partial charge in [-0.2, -0.15) is 5.26 Å². The molecule has 1 unspecified atom stereocenters. The predicted molar refractivity (Wildman–Crippen MR) is 102 cm³/mol. The Hall–Kier alpha value is -2.69. The summed E-state index contributed by atoms with van der Waals surface area (Å²) in [6.07, 6.45) is 1.01. The summed E-state index contributed by atoms with van der Waals surface area (Å²) < 4.78 is 4.99. The standard InChI is InChI=1S/C20H25N5O2/c1-15-12-19(23-27-15)22-20(26)16(2)25-9-3-8-24(10-11-25)14-18-6-4-17(13-21)5-7-18/h4-7,12,16H,3,8-11,14H2,1-2H3,(H,22,23,26). The van der Waals surface area contributed by atoms with Gasteiger partial charge in [0.25, 0.3) is 0 Å². The van der Waals surface area contributed by atoms with E-state index >= 15 is 0 Å². The first-order valence-corrected chi connectivity index (χ1v) is 9.25. The highest BCUT2D eigenvalue weighted by molar-refractivity contribution is 5.93. The van der Waals surface area contributed by atoms with Crippen LogP contribution in [-0.2, 0) is 11.3 Å². The molecule has 1 atom stereocenters. The molecule has 1 aliphatic heterocycles. The van der Waals surface area contributed by atoms with Gasteiger partial charge in [-0.05, 0) is 44.5 Å². The predicted octanol–water partition coefficient (Wildman–Crippen LogP) is 2.39. The van der Waals surface area contributed by atoms with Crippen LogP contribution in [0.4, 0.5) is 5.82 Å². The fraction of sp³-hybridized carbons (Fsp3) is 0.450. The third-order valence-electron chi connectivity index (χ3n) is 4.92. The highest BCUT2D eigenvalue weighted by Gasteiger charge is 2.24. The van der Waals surface area contributed by atoms with E-state index in [2.05, 4.69) is 26.3 Å². The molecule has 3 rings (SSSR count). The molecule has 0 radical (unpaired) electrons. The van der Waals surface area contributed by atoms with Gasteiger partial charge in [-0.3, -0.25) is 14.6 Å². The maximum atomic E-state index is 12.5. The van der Waals surface area contributed by atoms with E-state index < -0.39 is 0 Å². The number of carbonyl (C=O) groups is 1. The fourth-order valence-electron chi connectivity index (χ4n) is 3.30. The van der Waals surface area contributed by atoms with Crippen LogP contribution >= 0.6 is 0 Å². The van der Waals surface area contributed by atoms with Crippen LogP contribution in [0, 0.1) is 18.3 Å². The quantitative estimate of drug-likeness (QED) is 0.873. The van der Waals surface area contributed by atoms with E-state index in [0.29, 0.717) is 17.1 Å². The van der Waals surface area contributed by atoms with Gasteiger partial charge in [0.15, 0.2) is 5.82 Å². The van der Waals surface area contributed by atoms with Gasteiger partial charge in [0.05, 0.1) is 17.7 Å². The van der Waals surface area contributed by atoms with Gasteiger partial charge >= 0.3 is 0 Å². The van der Waals surface area contributed by atoms with E-state index in [9.17, 15) is 4.79 Å². The number of carbonyl (C=O) groups excluding carboxylic acids is 1. The first kappa shape index (κ1) is 19.1. The van der Waals surface area contributed by atoms with Crippen LogP contribution in [0.3, 0.4) is 0 Å². The Balaban J connectivity index is 1.52. The Morgan fingerprint density at radius 3 is 2.74 bits per heavy atom. The maximum Gasteiger partial charge on any atom is 0.242 e. The molecule has 0 bridgehead atoms. The summed E-state index contributed by atoms with van der Waals surface area (Å²) in [5.74, 6) is 1.07. The summed E-state index contributed by atoms with van der Waals surface area (Å²) >= 11 is 0. The summed E-state index contributed by atoms with van der Waals surface area (Å²) in [6.45, 7) is 8.20. The number of hydrogen-bond donors (Lipinski definition) is 1. The van der Waals surface area contributed by atoms with Gasteiger partial charge in [0.2, 0.25) is 5.91 Å². The third kappa shape index (κ3) is 5.16. The van der Waals surface area contributed by atoms with Gasteiger partial charge in [-0.15, -0.1) is 0 Å². The smallest absolute Gasteiger partial charge is 0.242 e. The number of hydrogen-bond acceptors (Lipinski definition) is 6. The zero-order chi connectivity index (χ0) is 19.2. The molecule has 0 spiro atoms. The van der Waals surface area contributed by atoms with E-state index in [0.717, 1.165) is 39.1 Å². The Morgan fingerprint density at radius 1 is 1.30 bits per heavy atom. The molecule has 0 saturated carbocycles. The second kappa shape index (κ2) is 8.80. The van der Waals surface area contributed by atoms with Crippen molar-refractivity contribution in [2.75, 3.05) is 31.5 Å². The van der Waals surface area contributed by atoms with Crippen LogP contribution in [0.25, 0.3) is 0 Å². The van der Waals surface area contributed by atoms with Gasteiger partial charge < -0.3 is 9.84 Å². The Labute approximate surface area is 159 Å². The molecule has 27 heavy (non-hydrogen) atoms. The normalized spacial score (nSPS) is 17.1. The third-order valence-corrected chi connectivity index (χ3v) is 4.92. The lowest BCUT2D eigenvalue weighted by molar-refractivity contribution is -0.120. The Kier molecular flexibility index (Phi) is 6.22. The van der Waals surface area contributed by atoms with Gasteiger partial charge in [0, 0.05) is 32.2 Å². The molecule has 1 N–H and O–H groups in total. The zero-order valence-corrected chi connectivity index (χ0v) is 15.8.